The molecule has 2 heterocycles. The maximum absolute atomic E-state index is 13.0. The number of benzene rings is 2. The Hall–Kier alpha value is -3.89. The molecule has 10 heteroatoms. The van der Waals surface area contributed by atoms with Gasteiger partial charge in [0.1, 0.15) is 0 Å². The summed E-state index contributed by atoms with van der Waals surface area (Å²) < 4.78 is 15.7. The molecule has 0 radical (unpaired) electrons. The summed E-state index contributed by atoms with van der Waals surface area (Å²) in [5.74, 6) is 0.624. The number of para-hydroxylation sites is 1. The van der Waals surface area contributed by atoms with Gasteiger partial charge in [-0.3, -0.25) is 4.79 Å². The van der Waals surface area contributed by atoms with Gasteiger partial charge in [-0.25, -0.2) is 4.79 Å². The lowest BCUT2D eigenvalue weighted by Crippen LogP contribution is -2.35. The van der Waals surface area contributed by atoms with Crippen molar-refractivity contribution in [2.24, 2.45) is 0 Å². The van der Waals surface area contributed by atoms with E-state index in [1.165, 1.54) is 7.11 Å². The Balaban J connectivity index is 1.68. The second-order valence-electron chi connectivity index (χ2n) is 7.82. The third kappa shape index (κ3) is 5.50. The summed E-state index contributed by atoms with van der Waals surface area (Å²) in [6.07, 6.45) is 0. The zero-order valence-electron chi connectivity index (χ0n) is 20.0. The summed E-state index contributed by atoms with van der Waals surface area (Å²) in [4.78, 5) is 31.1. The van der Waals surface area contributed by atoms with Crippen LogP contribution in [0.1, 0.15) is 20.8 Å². The van der Waals surface area contributed by atoms with Crippen LogP contribution in [0.3, 0.4) is 0 Å². The summed E-state index contributed by atoms with van der Waals surface area (Å²) in [6.45, 7) is 0.719. The highest BCUT2D eigenvalue weighted by atomic mass is 32.1. The van der Waals surface area contributed by atoms with Gasteiger partial charge in [-0.15, -0.1) is 11.3 Å². The van der Waals surface area contributed by atoms with Crippen LogP contribution in [-0.2, 0) is 17.8 Å². The Morgan fingerprint density at radius 3 is 2.47 bits per heavy atom. The third-order valence-electron chi connectivity index (χ3n) is 5.57. The highest BCUT2D eigenvalue weighted by Crippen LogP contribution is 2.31. The molecule has 4 rings (SSSR count). The Bertz CT molecular complexity index is 1450. The molecule has 0 saturated carbocycles. The number of rotatable bonds is 8. The first-order chi connectivity index (χ1) is 17.4. The van der Waals surface area contributed by atoms with Gasteiger partial charge in [0.2, 0.25) is 0 Å². The van der Waals surface area contributed by atoms with Crippen LogP contribution in [0, 0.1) is 0 Å². The van der Waals surface area contributed by atoms with Crippen molar-refractivity contribution >= 4 is 51.2 Å². The summed E-state index contributed by atoms with van der Waals surface area (Å²) in [7, 11) is 4.44. The Morgan fingerprint density at radius 1 is 1.03 bits per heavy atom. The van der Waals surface area contributed by atoms with E-state index >= 15 is 0 Å². The van der Waals surface area contributed by atoms with Crippen LogP contribution in [0.4, 0.5) is 5.69 Å². The number of aromatic nitrogens is 1. The lowest BCUT2D eigenvalue weighted by Gasteiger charge is -2.26. The van der Waals surface area contributed by atoms with Crippen molar-refractivity contribution in [2.45, 2.75) is 13.1 Å². The fraction of sp³-hybridized carbons (Fsp3) is 0.192. The van der Waals surface area contributed by atoms with Crippen molar-refractivity contribution in [3.8, 4) is 11.5 Å². The van der Waals surface area contributed by atoms with E-state index in [1.54, 1.807) is 55.9 Å². The minimum atomic E-state index is -0.471. The van der Waals surface area contributed by atoms with Crippen LogP contribution in [0.25, 0.3) is 10.9 Å². The van der Waals surface area contributed by atoms with Gasteiger partial charge >= 0.3 is 5.97 Å². The van der Waals surface area contributed by atoms with Crippen LogP contribution in [0.15, 0.2) is 64.8 Å². The highest BCUT2D eigenvalue weighted by Gasteiger charge is 2.18. The molecule has 0 unspecified atom stereocenters. The lowest BCUT2D eigenvalue weighted by molar-refractivity contribution is 0.0602. The van der Waals surface area contributed by atoms with Crippen molar-refractivity contribution in [3.05, 3.63) is 86.3 Å². The largest absolute Gasteiger partial charge is 0.493 e. The first-order valence-electron chi connectivity index (χ1n) is 11.0. The molecule has 0 saturated heterocycles. The first-order valence-corrected chi connectivity index (χ1v) is 12.3. The Labute approximate surface area is 217 Å². The average molecular weight is 524 g/mol. The molecule has 8 nitrogen and oxygen atoms in total. The number of ether oxygens (including phenoxy) is 3. The molecule has 0 bridgehead atoms. The van der Waals surface area contributed by atoms with E-state index in [1.807, 2.05) is 34.5 Å². The van der Waals surface area contributed by atoms with E-state index < -0.39 is 5.97 Å². The molecule has 2 aromatic heterocycles. The number of thiocarbonyl (C=S) groups is 1. The first kappa shape index (κ1) is 25.2. The summed E-state index contributed by atoms with van der Waals surface area (Å²) in [5.41, 5.74) is 1.82. The molecule has 0 fully saturated rings. The number of H-pyrrole nitrogens is 1. The van der Waals surface area contributed by atoms with Crippen LogP contribution in [-0.4, -0.2) is 42.3 Å². The number of pyridine rings is 1. The molecule has 186 valence electrons. The minimum absolute atomic E-state index is 0.233. The average Bonchev–Trinajstić information content (AvgIpc) is 3.41. The summed E-state index contributed by atoms with van der Waals surface area (Å²) in [6, 6.07) is 16.3. The van der Waals surface area contributed by atoms with Crippen LogP contribution >= 0.6 is 23.6 Å². The van der Waals surface area contributed by atoms with E-state index in [9.17, 15) is 9.59 Å². The zero-order valence-corrected chi connectivity index (χ0v) is 21.6. The number of carbonyl (C=O) groups is 1. The molecular weight excluding hydrogens is 498 g/mol. The standard InChI is InChI=1S/C26H25N3O5S2/c1-32-22-12-16-11-17(24(30)27-21(16)13-23(22)33-2)14-29(15-18-7-6-10-36-18)26(35)28-20-9-5-4-8-19(20)25(31)34-3/h4-13H,14-15H2,1-3H3,(H,27,30)(H,28,35). The second kappa shape index (κ2) is 11.2. The van der Waals surface area contributed by atoms with Gasteiger partial charge < -0.3 is 29.4 Å². The topological polar surface area (TPSA) is 92.9 Å². The van der Waals surface area contributed by atoms with E-state index in [0.717, 1.165) is 10.3 Å². The minimum Gasteiger partial charge on any atom is -0.493 e. The number of esters is 1. The number of nitrogens with one attached hydrogen (secondary N) is 2. The fourth-order valence-electron chi connectivity index (χ4n) is 3.77. The molecule has 2 N–H and O–H groups in total. The normalized spacial score (nSPS) is 10.6. The summed E-state index contributed by atoms with van der Waals surface area (Å²) >= 11 is 7.34. The molecule has 0 amide bonds. The van der Waals surface area contributed by atoms with Crippen molar-refractivity contribution in [3.63, 3.8) is 0 Å². The lowest BCUT2D eigenvalue weighted by atomic mass is 10.1. The molecule has 0 aliphatic carbocycles. The number of aromatic amines is 1. The molecule has 2 aromatic carbocycles. The number of carbonyl (C=O) groups excluding carboxylic acids is 1. The number of nitrogens with zero attached hydrogens (tertiary/aromatic N) is 1. The van der Waals surface area contributed by atoms with Crippen molar-refractivity contribution in [1.82, 2.24) is 9.88 Å². The zero-order chi connectivity index (χ0) is 25.7. The maximum atomic E-state index is 13.0. The molecular formula is C26H25N3O5S2. The number of fused-ring (bicyclic) bond motifs is 1. The van der Waals surface area contributed by atoms with Gasteiger partial charge in [-0.05, 0) is 47.9 Å². The number of hydrogen-bond donors (Lipinski definition) is 2. The SMILES string of the molecule is COC(=O)c1ccccc1NC(=S)N(Cc1cccs1)Cc1cc2cc(OC)c(OC)cc2[nH]c1=O. The molecule has 36 heavy (non-hydrogen) atoms. The maximum Gasteiger partial charge on any atom is 0.339 e. The van der Waals surface area contributed by atoms with Crippen molar-refractivity contribution in [2.75, 3.05) is 26.6 Å². The van der Waals surface area contributed by atoms with Gasteiger partial charge in [0.05, 0.1) is 51.2 Å². The number of thiophene rings is 1. The Morgan fingerprint density at radius 2 is 1.78 bits per heavy atom. The van der Waals surface area contributed by atoms with E-state index in [0.29, 0.717) is 45.5 Å². The number of methoxy groups -OCH3 is 3. The predicted octanol–water partition coefficient (Wildman–Crippen LogP) is 4.79. The molecule has 0 aliphatic rings. The highest BCUT2D eigenvalue weighted by molar-refractivity contribution is 7.80. The van der Waals surface area contributed by atoms with Crippen LogP contribution in [0.2, 0.25) is 0 Å². The smallest absolute Gasteiger partial charge is 0.339 e. The number of hydrogen-bond acceptors (Lipinski definition) is 7. The Kier molecular flexibility index (Phi) is 7.87. The van der Waals surface area contributed by atoms with Gasteiger partial charge in [0.15, 0.2) is 16.6 Å². The van der Waals surface area contributed by atoms with Gasteiger partial charge in [-0.2, -0.15) is 0 Å². The number of anilines is 1. The van der Waals surface area contributed by atoms with Gasteiger partial charge in [0, 0.05) is 21.9 Å². The van der Waals surface area contributed by atoms with Crippen molar-refractivity contribution in [1.29, 1.82) is 0 Å². The monoisotopic (exact) mass is 523 g/mol. The second-order valence-corrected chi connectivity index (χ2v) is 9.24. The quantitative estimate of drug-likeness (QED) is 0.252. The molecule has 4 aromatic rings. The van der Waals surface area contributed by atoms with E-state index in [4.69, 9.17) is 26.4 Å². The molecule has 0 spiro atoms. The van der Waals surface area contributed by atoms with Crippen molar-refractivity contribution < 1.29 is 19.0 Å². The van der Waals surface area contributed by atoms with Crippen LogP contribution < -0.4 is 20.3 Å². The molecule has 0 aliphatic heterocycles. The van der Waals surface area contributed by atoms with E-state index in [-0.39, 0.29) is 12.1 Å². The van der Waals surface area contributed by atoms with Gasteiger partial charge in [0.25, 0.3) is 5.56 Å². The third-order valence-corrected chi connectivity index (χ3v) is 6.80. The predicted molar refractivity (Wildman–Crippen MR) is 145 cm³/mol. The van der Waals surface area contributed by atoms with Gasteiger partial charge in [-0.1, -0.05) is 18.2 Å². The summed E-state index contributed by atoms with van der Waals surface area (Å²) in [5, 5.41) is 6.31. The van der Waals surface area contributed by atoms with Crippen LogP contribution in [0.5, 0.6) is 11.5 Å². The fourth-order valence-corrected chi connectivity index (χ4v) is 4.72. The van der Waals surface area contributed by atoms with E-state index in [2.05, 4.69) is 10.3 Å². The molecule has 0 atom stereocenters.